The molecule has 0 aliphatic rings. The van der Waals surface area contributed by atoms with Crippen LogP contribution in [0.25, 0.3) is 16.6 Å². The maximum Gasteiger partial charge on any atom is 0.266 e. The molecule has 1 unspecified atom stereocenters. The smallest absolute Gasteiger partial charge is 0.266 e. The van der Waals surface area contributed by atoms with E-state index in [1.165, 1.54) is 0 Å². The van der Waals surface area contributed by atoms with Crippen LogP contribution in [0.5, 0.6) is 0 Å². The Labute approximate surface area is 207 Å². The molecular weight excluding hydrogens is 448 g/mol. The first-order chi connectivity index (χ1) is 16.4. The van der Waals surface area contributed by atoms with Crippen LogP contribution in [0.4, 0.5) is 0 Å². The maximum absolute atomic E-state index is 13.7. The van der Waals surface area contributed by atoms with Gasteiger partial charge in [0.1, 0.15) is 5.82 Å². The average molecular weight is 483 g/mol. The zero-order valence-corrected chi connectivity index (χ0v) is 21.4. The Hall–Kier alpha value is -2.70. The van der Waals surface area contributed by atoms with E-state index in [0.717, 1.165) is 25.8 Å². The third-order valence-corrected chi connectivity index (χ3v) is 6.27. The molecule has 0 fully saturated rings. The molecule has 1 aromatic heterocycles. The Kier molecular flexibility index (Phi) is 9.25. The zero-order valence-electron chi connectivity index (χ0n) is 20.6. The zero-order chi connectivity index (χ0) is 24.7. The Morgan fingerprint density at radius 2 is 1.82 bits per heavy atom. The Balaban J connectivity index is 2.19. The lowest BCUT2D eigenvalue weighted by Crippen LogP contribution is -2.41. The average Bonchev–Trinajstić information content (AvgIpc) is 2.81. The van der Waals surface area contributed by atoms with Crippen LogP contribution < -0.4 is 5.56 Å². The van der Waals surface area contributed by atoms with Gasteiger partial charge in [-0.05, 0) is 57.3 Å². The highest BCUT2D eigenvalue weighted by Gasteiger charge is 2.28. The second-order valence-electron chi connectivity index (χ2n) is 8.88. The fraction of sp³-hybridized carbons (Fsp3) is 0.444. The molecule has 6 nitrogen and oxygen atoms in total. The number of nitrogens with zero attached hydrogens (tertiary/aromatic N) is 4. The normalized spacial score (nSPS) is 12.3. The molecule has 0 aliphatic carbocycles. The van der Waals surface area contributed by atoms with Gasteiger partial charge in [0, 0.05) is 24.5 Å². The van der Waals surface area contributed by atoms with Gasteiger partial charge < -0.3 is 9.80 Å². The van der Waals surface area contributed by atoms with Crippen molar-refractivity contribution in [3.05, 3.63) is 69.7 Å². The number of rotatable bonds is 11. The summed E-state index contributed by atoms with van der Waals surface area (Å²) in [7, 11) is 3.99. The van der Waals surface area contributed by atoms with E-state index in [1.54, 1.807) is 22.8 Å². The second kappa shape index (κ2) is 12.1. The van der Waals surface area contributed by atoms with E-state index in [2.05, 4.69) is 11.8 Å². The van der Waals surface area contributed by atoms with Gasteiger partial charge in [0.2, 0.25) is 5.91 Å². The van der Waals surface area contributed by atoms with Gasteiger partial charge in [-0.2, -0.15) is 0 Å². The molecule has 0 aliphatic heterocycles. The van der Waals surface area contributed by atoms with Gasteiger partial charge in [0.25, 0.3) is 5.56 Å². The fourth-order valence-corrected chi connectivity index (χ4v) is 4.40. The summed E-state index contributed by atoms with van der Waals surface area (Å²) in [5, 5.41) is 1.08. The molecule has 3 rings (SSSR count). The number of unbranched alkanes of at least 4 members (excludes halogenated alkanes) is 2. The van der Waals surface area contributed by atoms with Crippen LogP contribution in [0.15, 0.2) is 53.3 Å². The molecule has 0 spiro atoms. The number of carbonyl (C=O) groups is 1. The summed E-state index contributed by atoms with van der Waals surface area (Å²) in [4.78, 5) is 36.1. The van der Waals surface area contributed by atoms with Crippen LogP contribution in [-0.4, -0.2) is 52.4 Å². The summed E-state index contributed by atoms with van der Waals surface area (Å²) in [5.74, 6) is 0.665. The van der Waals surface area contributed by atoms with Crippen molar-refractivity contribution in [2.75, 3.05) is 27.2 Å². The molecule has 1 atom stereocenters. The quantitative estimate of drug-likeness (QED) is 0.340. The van der Waals surface area contributed by atoms with Gasteiger partial charge in [0.05, 0.1) is 22.6 Å². The largest absolute Gasteiger partial charge is 0.331 e. The van der Waals surface area contributed by atoms with Crippen molar-refractivity contribution in [2.45, 2.75) is 52.0 Å². The first kappa shape index (κ1) is 25.9. The summed E-state index contributed by atoms with van der Waals surface area (Å²) < 4.78 is 1.63. The molecule has 1 amide bonds. The minimum Gasteiger partial charge on any atom is -0.331 e. The number of hydrogen-bond acceptors (Lipinski definition) is 4. The number of fused-ring (bicyclic) bond motifs is 1. The number of halogens is 1. The van der Waals surface area contributed by atoms with Crippen LogP contribution in [-0.2, 0) is 4.79 Å². The van der Waals surface area contributed by atoms with Gasteiger partial charge in [-0.3, -0.25) is 14.2 Å². The van der Waals surface area contributed by atoms with Crippen molar-refractivity contribution in [3.63, 3.8) is 0 Å². The van der Waals surface area contributed by atoms with Gasteiger partial charge in [-0.1, -0.05) is 56.5 Å². The fourth-order valence-electron chi connectivity index (χ4n) is 4.21. The van der Waals surface area contributed by atoms with Gasteiger partial charge in [-0.25, -0.2) is 4.98 Å². The predicted molar refractivity (Wildman–Crippen MR) is 140 cm³/mol. The summed E-state index contributed by atoms with van der Waals surface area (Å²) in [6, 6.07) is 14.2. The molecule has 2 aromatic carbocycles. The lowest BCUT2D eigenvalue weighted by Gasteiger charge is -2.33. The monoisotopic (exact) mass is 482 g/mol. The number of likely N-dealkylation sites (N-methyl/N-ethyl adjacent to an activating group) is 1. The van der Waals surface area contributed by atoms with Crippen LogP contribution >= 0.6 is 11.6 Å². The van der Waals surface area contributed by atoms with Crippen molar-refractivity contribution in [2.24, 2.45) is 0 Å². The third-order valence-electron chi connectivity index (χ3n) is 6.03. The van der Waals surface area contributed by atoms with Crippen molar-refractivity contribution in [1.29, 1.82) is 0 Å². The van der Waals surface area contributed by atoms with Crippen LogP contribution in [0, 0.1) is 0 Å². The minimum absolute atomic E-state index is 0.0993. The van der Waals surface area contributed by atoms with E-state index < -0.39 is 0 Å². The maximum atomic E-state index is 13.7. The molecule has 3 aromatic rings. The molecule has 0 saturated carbocycles. The summed E-state index contributed by atoms with van der Waals surface area (Å²) in [6.07, 6.45) is 4.07. The van der Waals surface area contributed by atoms with Crippen LogP contribution in [0.2, 0.25) is 5.02 Å². The first-order valence-corrected chi connectivity index (χ1v) is 12.5. The van der Waals surface area contributed by atoms with E-state index >= 15 is 0 Å². The van der Waals surface area contributed by atoms with Gasteiger partial charge in [0.15, 0.2) is 0 Å². The highest BCUT2D eigenvalue weighted by molar-refractivity contribution is 6.30. The molecule has 7 heteroatoms. The number of benzene rings is 2. The Morgan fingerprint density at radius 1 is 1.06 bits per heavy atom. The minimum atomic E-state index is -0.342. The molecule has 0 radical (unpaired) electrons. The molecule has 1 heterocycles. The highest BCUT2D eigenvalue weighted by atomic mass is 35.5. The lowest BCUT2D eigenvalue weighted by atomic mass is 10.1. The molecule has 0 saturated heterocycles. The SMILES string of the molecule is CCCCCC(=O)N(CCN(C)C)C(CC)c1nc2ccccc2c(=O)n1-c1cccc(Cl)c1. The summed E-state index contributed by atoms with van der Waals surface area (Å²) >= 11 is 6.29. The van der Waals surface area contributed by atoms with Crippen molar-refractivity contribution < 1.29 is 4.79 Å². The Bertz CT molecular complexity index is 1170. The number of aromatic nitrogens is 2. The van der Waals surface area contributed by atoms with Crippen molar-refractivity contribution in [1.82, 2.24) is 19.4 Å². The molecule has 182 valence electrons. The van der Waals surface area contributed by atoms with E-state index in [9.17, 15) is 9.59 Å². The molecule has 0 bridgehead atoms. The number of para-hydroxylation sites is 1. The van der Waals surface area contributed by atoms with Crippen LogP contribution in [0.1, 0.15) is 57.8 Å². The van der Waals surface area contributed by atoms with E-state index in [4.69, 9.17) is 16.6 Å². The summed E-state index contributed by atoms with van der Waals surface area (Å²) in [5.41, 5.74) is 1.12. The first-order valence-electron chi connectivity index (χ1n) is 12.1. The molecular formula is C27H35ClN4O2. The van der Waals surface area contributed by atoms with E-state index in [1.807, 2.05) is 56.3 Å². The van der Waals surface area contributed by atoms with E-state index in [0.29, 0.717) is 46.8 Å². The number of hydrogen-bond donors (Lipinski definition) is 0. The van der Waals surface area contributed by atoms with Crippen LogP contribution in [0.3, 0.4) is 0 Å². The Morgan fingerprint density at radius 3 is 2.50 bits per heavy atom. The molecule has 0 N–H and O–H groups in total. The standard InChI is InChI=1S/C27H35ClN4O2/c1-5-7-8-16-25(33)31(18-17-30(3)4)24(6-2)26-29-23-15-10-9-14-22(23)27(34)32(26)21-13-11-12-20(28)19-21/h9-15,19,24H,5-8,16-18H2,1-4H3. The van der Waals surface area contributed by atoms with Crippen molar-refractivity contribution >= 4 is 28.4 Å². The predicted octanol–water partition coefficient (Wildman–Crippen LogP) is 5.46. The topological polar surface area (TPSA) is 58.4 Å². The van der Waals surface area contributed by atoms with Gasteiger partial charge >= 0.3 is 0 Å². The second-order valence-corrected chi connectivity index (χ2v) is 9.32. The third kappa shape index (κ3) is 6.05. The van der Waals surface area contributed by atoms with Crippen molar-refractivity contribution in [3.8, 4) is 5.69 Å². The van der Waals surface area contributed by atoms with Gasteiger partial charge in [-0.15, -0.1) is 0 Å². The molecule has 34 heavy (non-hydrogen) atoms. The van der Waals surface area contributed by atoms with E-state index in [-0.39, 0.29) is 17.5 Å². The lowest BCUT2D eigenvalue weighted by molar-refractivity contribution is -0.134. The highest BCUT2D eigenvalue weighted by Crippen LogP contribution is 2.27. The number of amides is 1. The number of carbonyl (C=O) groups excluding carboxylic acids is 1. The summed E-state index contributed by atoms with van der Waals surface area (Å²) in [6.45, 7) is 5.46.